The highest BCUT2D eigenvalue weighted by atomic mass is 79.9. The van der Waals surface area contributed by atoms with Crippen LogP contribution in [0.15, 0.2) is 28.7 Å². The Kier molecular flexibility index (Phi) is 6.08. The minimum absolute atomic E-state index is 0.0854. The van der Waals surface area contributed by atoms with Crippen LogP contribution in [-0.4, -0.2) is 42.5 Å². The minimum Gasteiger partial charge on any atom is -0.195 e. The van der Waals surface area contributed by atoms with Crippen molar-refractivity contribution in [2.45, 2.75) is 31.8 Å². The summed E-state index contributed by atoms with van der Waals surface area (Å²) in [6.45, 7) is 0.922. The molecule has 1 unspecified atom stereocenters. The largest absolute Gasteiger partial charge is 0.282 e. The number of rotatable bonds is 5. The molecule has 1 aliphatic rings. The van der Waals surface area contributed by atoms with Crippen molar-refractivity contribution in [3.05, 3.63) is 34.3 Å². The molecule has 1 saturated heterocycles. The van der Waals surface area contributed by atoms with Crippen molar-refractivity contribution < 1.29 is 8.42 Å². The topological polar surface area (TPSA) is 40.6 Å². The van der Waals surface area contributed by atoms with E-state index < -0.39 is 10.2 Å². The molecule has 1 aliphatic heterocycles. The number of halogens is 2. The molecule has 0 radical (unpaired) electrons. The van der Waals surface area contributed by atoms with Crippen LogP contribution in [-0.2, 0) is 16.8 Å². The average molecular weight is 396 g/mol. The van der Waals surface area contributed by atoms with Crippen LogP contribution >= 0.6 is 27.5 Å². The molecule has 0 N–H and O–H groups in total. The first kappa shape index (κ1) is 17.2. The first-order valence-electron chi connectivity index (χ1n) is 6.98. The highest BCUT2D eigenvalue weighted by Crippen LogP contribution is 2.24. The van der Waals surface area contributed by atoms with E-state index in [1.165, 1.54) is 4.31 Å². The van der Waals surface area contributed by atoms with Crippen molar-refractivity contribution >= 4 is 37.7 Å². The van der Waals surface area contributed by atoms with E-state index in [9.17, 15) is 8.42 Å². The predicted molar refractivity (Wildman–Crippen MR) is 89.6 cm³/mol. The van der Waals surface area contributed by atoms with Gasteiger partial charge in [0, 0.05) is 36.5 Å². The zero-order valence-electron chi connectivity index (χ0n) is 12.0. The van der Waals surface area contributed by atoms with Crippen molar-refractivity contribution in [2.24, 2.45) is 0 Å². The van der Waals surface area contributed by atoms with Gasteiger partial charge in [-0.05, 0) is 30.5 Å². The van der Waals surface area contributed by atoms with Crippen molar-refractivity contribution in [3.8, 4) is 0 Å². The van der Waals surface area contributed by atoms with E-state index in [1.54, 1.807) is 11.4 Å². The summed E-state index contributed by atoms with van der Waals surface area (Å²) in [6, 6.07) is 7.59. The number of piperidine rings is 1. The van der Waals surface area contributed by atoms with Gasteiger partial charge in [0.05, 0.1) is 0 Å². The normalized spacial score (nSPS) is 20.9. The maximum atomic E-state index is 12.7. The van der Waals surface area contributed by atoms with Crippen LogP contribution in [0.3, 0.4) is 0 Å². The monoisotopic (exact) mass is 394 g/mol. The summed E-state index contributed by atoms with van der Waals surface area (Å²) >= 11 is 9.31. The molecule has 1 fully saturated rings. The number of nitrogens with zero attached hydrogens (tertiary/aromatic N) is 2. The molecule has 1 heterocycles. The maximum Gasteiger partial charge on any atom is 0.282 e. The second-order valence-electron chi connectivity index (χ2n) is 5.30. The van der Waals surface area contributed by atoms with Crippen LogP contribution in [0.2, 0.25) is 0 Å². The highest BCUT2D eigenvalue weighted by molar-refractivity contribution is 9.10. The molecule has 0 aliphatic carbocycles. The van der Waals surface area contributed by atoms with Gasteiger partial charge < -0.3 is 0 Å². The van der Waals surface area contributed by atoms with E-state index in [2.05, 4.69) is 15.9 Å². The van der Waals surface area contributed by atoms with Gasteiger partial charge in [-0.1, -0.05) is 34.5 Å². The summed E-state index contributed by atoms with van der Waals surface area (Å²) in [6.07, 6.45) is 2.79. The molecule has 2 rings (SSSR count). The Morgan fingerprint density at radius 2 is 2.00 bits per heavy atom. The summed E-state index contributed by atoms with van der Waals surface area (Å²) in [5.74, 6) is 0.353. The van der Waals surface area contributed by atoms with Gasteiger partial charge in [-0.25, -0.2) is 0 Å². The Morgan fingerprint density at radius 1 is 1.33 bits per heavy atom. The lowest BCUT2D eigenvalue weighted by Gasteiger charge is -2.36. The molecule has 0 saturated carbocycles. The highest BCUT2D eigenvalue weighted by Gasteiger charge is 2.34. The predicted octanol–water partition coefficient (Wildman–Crippen LogP) is 3.22. The van der Waals surface area contributed by atoms with Crippen LogP contribution in [0.25, 0.3) is 0 Å². The Labute approximate surface area is 140 Å². The molecule has 118 valence electrons. The molecule has 1 atom stereocenters. The number of benzene rings is 1. The van der Waals surface area contributed by atoms with Crippen LogP contribution in [0, 0.1) is 0 Å². The molecule has 1 aromatic rings. The smallest absolute Gasteiger partial charge is 0.195 e. The first-order valence-corrected chi connectivity index (χ1v) is 9.71. The number of hydrogen-bond acceptors (Lipinski definition) is 2. The van der Waals surface area contributed by atoms with E-state index in [0.29, 0.717) is 19.0 Å². The van der Waals surface area contributed by atoms with Gasteiger partial charge in [0.15, 0.2) is 0 Å². The zero-order chi connectivity index (χ0) is 15.5. The summed E-state index contributed by atoms with van der Waals surface area (Å²) < 4.78 is 29.4. The lowest BCUT2D eigenvalue weighted by molar-refractivity contribution is 0.251. The average Bonchev–Trinajstić information content (AvgIpc) is 2.49. The summed E-state index contributed by atoms with van der Waals surface area (Å²) in [5.41, 5.74) is 0.962. The van der Waals surface area contributed by atoms with Gasteiger partial charge in [0.25, 0.3) is 10.2 Å². The van der Waals surface area contributed by atoms with Gasteiger partial charge in [0.1, 0.15) is 0 Å². The van der Waals surface area contributed by atoms with Crippen LogP contribution in [0.1, 0.15) is 24.8 Å². The maximum absolute atomic E-state index is 12.7. The Morgan fingerprint density at radius 3 is 2.62 bits per heavy atom. The van der Waals surface area contributed by atoms with Crippen molar-refractivity contribution in [2.75, 3.05) is 19.5 Å². The second-order valence-corrected chi connectivity index (χ2v) is 8.52. The molecule has 7 heteroatoms. The molecule has 0 bridgehead atoms. The summed E-state index contributed by atoms with van der Waals surface area (Å²) in [5, 5.41) is 0. The fourth-order valence-corrected chi connectivity index (χ4v) is 4.79. The van der Waals surface area contributed by atoms with Gasteiger partial charge >= 0.3 is 0 Å². The Hall–Kier alpha value is -0.140. The van der Waals surface area contributed by atoms with Crippen LogP contribution < -0.4 is 0 Å². The molecule has 0 spiro atoms. The van der Waals surface area contributed by atoms with E-state index in [1.807, 2.05) is 24.3 Å². The molecule has 1 aromatic carbocycles. The SMILES string of the molecule is CN(Cc1ccc(Br)cc1)S(=O)(=O)N1CCCCC1CCl. The van der Waals surface area contributed by atoms with E-state index in [-0.39, 0.29) is 6.04 Å². The molecular formula is C14H20BrClN2O2S. The summed E-state index contributed by atoms with van der Waals surface area (Å²) in [7, 11) is -1.84. The van der Waals surface area contributed by atoms with E-state index in [0.717, 1.165) is 29.3 Å². The van der Waals surface area contributed by atoms with Crippen LogP contribution in [0.5, 0.6) is 0 Å². The fraction of sp³-hybridized carbons (Fsp3) is 0.571. The minimum atomic E-state index is -3.46. The van der Waals surface area contributed by atoms with Gasteiger partial charge in [0.2, 0.25) is 0 Å². The first-order chi connectivity index (χ1) is 9.95. The molecular weight excluding hydrogens is 376 g/mol. The third-order valence-corrected chi connectivity index (χ3v) is 6.64. The third-order valence-electron chi connectivity index (χ3n) is 3.76. The molecule has 0 amide bonds. The van der Waals surface area contributed by atoms with Crippen molar-refractivity contribution in [3.63, 3.8) is 0 Å². The van der Waals surface area contributed by atoms with Crippen molar-refractivity contribution in [1.82, 2.24) is 8.61 Å². The standard InChI is InChI=1S/C14H20BrClN2O2S/c1-17(11-12-5-7-13(15)8-6-12)21(19,20)18-9-3-2-4-14(18)10-16/h5-8,14H,2-4,9-11H2,1H3. The van der Waals surface area contributed by atoms with Gasteiger partial charge in [-0.2, -0.15) is 17.0 Å². The van der Waals surface area contributed by atoms with E-state index >= 15 is 0 Å². The number of hydrogen-bond donors (Lipinski definition) is 0. The molecule has 4 nitrogen and oxygen atoms in total. The zero-order valence-corrected chi connectivity index (χ0v) is 15.2. The number of alkyl halides is 1. The Balaban J connectivity index is 2.12. The lowest BCUT2D eigenvalue weighted by atomic mass is 10.1. The van der Waals surface area contributed by atoms with Crippen LogP contribution in [0.4, 0.5) is 0 Å². The van der Waals surface area contributed by atoms with E-state index in [4.69, 9.17) is 11.6 Å². The molecule has 0 aromatic heterocycles. The quantitative estimate of drug-likeness (QED) is 0.718. The fourth-order valence-electron chi connectivity index (χ4n) is 2.54. The summed E-state index contributed by atoms with van der Waals surface area (Å²) in [4.78, 5) is 0. The molecule has 21 heavy (non-hydrogen) atoms. The van der Waals surface area contributed by atoms with Crippen molar-refractivity contribution in [1.29, 1.82) is 0 Å². The Bertz CT molecular complexity index is 565. The second kappa shape index (κ2) is 7.42. The van der Waals surface area contributed by atoms with Gasteiger partial charge in [-0.3, -0.25) is 0 Å². The third kappa shape index (κ3) is 4.20. The van der Waals surface area contributed by atoms with Gasteiger partial charge in [-0.15, -0.1) is 11.6 Å². The lowest BCUT2D eigenvalue weighted by Crippen LogP contribution is -2.50.